The maximum absolute atomic E-state index is 12.0. The van der Waals surface area contributed by atoms with Gasteiger partial charge in [0.25, 0.3) is 0 Å². The zero-order valence-electron chi connectivity index (χ0n) is 18.4. The van der Waals surface area contributed by atoms with Crippen LogP contribution in [0.3, 0.4) is 0 Å². The summed E-state index contributed by atoms with van der Waals surface area (Å²) in [6, 6.07) is 28.2. The average molecular weight is 458 g/mol. The second-order valence-corrected chi connectivity index (χ2v) is 8.78. The molecule has 0 aromatic heterocycles. The smallest absolute Gasteiger partial charge is 0.306 e. The van der Waals surface area contributed by atoms with Crippen molar-refractivity contribution < 1.29 is 14.3 Å². The minimum absolute atomic E-state index is 0.177. The minimum Gasteiger partial charge on any atom is -0.489 e. The first-order valence-electron chi connectivity index (χ1n) is 11.0. The Morgan fingerprint density at radius 1 is 0.818 bits per heavy atom. The highest BCUT2D eigenvalue weighted by atomic mass is 32.2. The number of rotatable bonds is 10. The Labute approximate surface area is 199 Å². The van der Waals surface area contributed by atoms with Crippen LogP contribution in [-0.4, -0.2) is 12.5 Å². The molecule has 0 fully saturated rings. The summed E-state index contributed by atoms with van der Waals surface area (Å²) in [5, 5.41) is 4.44. The van der Waals surface area contributed by atoms with E-state index in [9.17, 15) is 4.79 Å². The van der Waals surface area contributed by atoms with Crippen LogP contribution in [0.4, 0.5) is 0 Å². The zero-order valence-corrected chi connectivity index (χ0v) is 19.2. The molecule has 0 atom stereocenters. The summed E-state index contributed by atoms with van der Waals surface area (Å²) in [4.78, 5) is 13.2. The van der Waals surface area contributed by atoms with Crippen molar-refractivity contribution in [3.8, 4) is 0 Å². The molecule has 1 heterocycles. The fourth-order valence-corrected chi connectivity index (χ4v) is 4.16. The van der Waals surface area contributed by atoms with Crippen molar-refractivity contribution in [1.82, 2.24) is 5.32 Å². The third-order valence-electron chi connectivity index (χ3n) is 5.11. The first kappa shape index (κ1) is 22.7. The monoisotopic (exact) mass is 457 g/mol. The normalized spacial score (nSPS) is 12.8. The molecule has 0 amide bonds. The van der Waals surface area contributed by atoms with Gasteiger partial charge in [-0.1, -0.05) is 84.6 Å². The molecule has 0 unspecified atom stereocenters. The van der Waals surface area contributed by atoms with Gasteiger partial charge in [-0.25, -0.2) is 0 Å². The van der Waals surface area contributed by atoms with Crippen molar-refractivity contribution >= 4 is 17.7 Å². The lowest BCUT2D eigenvalue weighted by Gasteiger charge is -2.16. The molecule has 0 bridgehead atoms. The maximum atomic E-state index is 12.0. The number of thioether (sulfide) groups is 1. The van der Waals surface area contributed by atoms with Gasteiger partial charge in [-0.2, -0.15) is 0 Å². The van der Waals surface area contributed by atoms with E-state index in [0.29, 0.717) is 26.1 Å². The number of dihydropyridines is 1. The molecule has 1 aliphatic heterocycles. The molecule has 0 radical (unpaired) electrons. The summed E-state index contributed by atoms with van der Waals surface area (Å²) in [5.74, 6) is 0.703. The summed E-state index contributed by atoms with van der Waals surface area (Å²) >= 11 is 1.67. The van der Waals surface area contributed by atoms with E-state index >= 15 is 0 Å². The van der Waals surface area contributed by atoms with Crippen molar-refractivity contribution in [2.24, 2.45) is 0 Å². The average Bonchev–Trinajstić information content (AvgIpc) is 2.87. The first-order valence-corrected chi connectivity index (χ1v) is 11.8. The van der Waals surface area contributed by atoms with Crippen LogP contribution in [0.25, 0.3) is 0 Å². The number of carbonyl (C=O) groups is 1. The van der Waals surface area contributed by atoms with Crippen LogP contribution in [0.1, 0.15) is 23.1 Å². The number of ether oxygens (including phenoxy) is 2. The van der Waals surface area contributed by atoms with Crippen LogP contribution in [0.15, 0.2) is 113 Å². The quantitative estimate of drug-likeness (QED) is 0.378. The van der Waals surface area contributed by atoms with Crippen LogP contribution < -0.4 is 5.32 Å². The summed E-state index contributed by atoms with van der Waals surface area (Å²) < 4.78 is 11.3. The Balaban J connectivity index is 1.22. The molecule has 3 aromatic carbocycles. The second kappa shape index (κ2) is 12.0. The van der Waals surface area contributed by atoms with Crippen LogP contribution in [0.5, 0.6) is 0 Å². The molecule has 5 heteroatoms. The largest absolute Gasteiger partial charge is 0.489 e. The van der Waals surface area contributed by atoms with Crippen LogP contribution in [-0.2, 0) is 33.9 Å². The van der Waals surface area contributed by atoms with E-state index in [4.69, 9.17) is 9.47 Å². The molecule has 0 saturated heterocycles. The standard InChI is InChI=1S/C28H27NO3S/c30-28(32-21-24-9-5-2-6-10-24)16-13-22-11-14-26(15-12-22)33-27-19-25(17-18-29-27)31-20-23-7-3-1-4-8-23/h1-12,14-15,17,19,29H,13,16,18,20-21H2. The lowest BCUT2D eigenvalue weighted by atomic mass is 10.1. The molecule has 4 rings (SSSR count). The number of carbonyl (C=O) groups excluding carboxylic acids is 1. The predicted molar refractivity (Wildman–Crippen MR) is 132 cm³/mol. The molecular formula is C28H27NO3S. The third kappa shape index (κ3) is 7.58. The highest BCUT2D eigenvalue weighted by molar-refractivity contribution is 8.03. The van der Waals surface area contributed by atoms with Gasteiger partial charge in [0.15, 0.2) is 0 Å². The van der Waals surface area contributed by atoms with E-state index in [0.717, 1.165) is 38.9 Å². The number of hydrogen-bond acceptors (Lipinski definition) is 5. The summed E-state index contributed by atoms with van der Waals surface area (Å²) in [6.07, 6.45) is 5.12. The Kier molecular flexibility index (Phi) is 8.25. The van der Waals surface area contributed by atoms with Gasteiger partial charge < -0.3 is 14.8 Å². The van der Waals surface area contributed by atoms with Crippen molar-refractivity contribution in [1.29, 1.82) is 0 Å². The van der Waals surface area contributed by atoms with E-state index in [2.05, 4.69) is 41.7 Å². The van der Waals surface area contributed by atoms with E-state index in [-0.39, 0.29) is 5.97 Å². The van der Waals surface area contributed by atoms with Crippen molar-refractivity contribution in [2.75, 3.05) is 6.54 Å². The Morgan fingerprint density at radius 2 is 1.48 bits per heavy atom. The van der Waals surface area contributed by atoms with Gasteiger partial charge in [-0.05, 0) is 41.3 Å². The Hall–Kier alpha value is -3.44. The van der Waals surface area contributed by atoms with Gasteiger partial charge >= 0.3 is 5.97 Å². The van der Waals surface area contributed by atoms with Gasteiger partial charge in [-0.15, -0.1) is 0 Å². The van der Waals surface area contributed by atoms with E-state index in [1.165, 1.54) is 0 Å². The molecule has 33 heavy (non-hydrogen) atoms. The summed E-state index contributed by atoms with van der Waals surface area (Å²) in [7, 11) is 0. The first-order chi connectivity index (χ1) is 16.2. The lowest BCUT2D eigenvalue weighted by molar-refractivity contribution is -0.144. The summed E-state index contributed by atoms with van der Waals surface area (Å²) in [5.41, 5.74) is 3.27. The molecule has 0 spiro atoms. The fourth-order valence-electron chi connectivity index (χ4n) is 3.31. The van der Waals surface area contributed by atoms with Crippen LogP contribution in [0, 0.1) is 0 Å². The van der Waals surface area contributed by atoms with Crippen molar-refractivity contribution in [3.05, 3.63) is 125 Å². The van der Waals surface area contributed by atoms with Gasteiger partial charge in [0.05, 0.1) is 5.03 Å². The van der Waals surface area contributed by atoms with Gasteiger partial charge in [0.1, 0.15) is 19.0 Å². The zero-order chi connectivity index (χ0) is 22.7. The number of benzene rings is 3. The highest BCUT2D eigenvalue weighted by Gasteiger charge is 2.09. The maximum Gasteiger partial charge on any atom is 0.306 e. The minimum atomic E-state index is -0.177. The highest BCUT2D eigenvalue weighted by Crippen LogP contribution is 2.28. The number of nitrogens with one attached hydrogen (secondary N) is 1. The van der Waals surface area contributed by atoms with E-state index in [1.807, 2.05) is 60.7 Å². The lowest BCUT2D eigenvalue weighted by Crippen LogP contribution is -2.16. The molecule has 4 nitrogen and oxygen atoms in total. The SMILES string of the molecule is O=C(CCc1ccc(SC2=CC(OCc3ccccc3)=CCN2)cc1)OCc1ccccc1. The van der Waals surface area contributed by atoms with Crippen LogP contribution >= 0.6 is 11.8 Å². The molecule has 1 aliphatic rings. The molecule has 168 valence electrons. The number of hydrogen-bond donors (Lipinski definition) is 1. The predicted octanol–water partition coefficient (Wildman–Crippen LogP) is 6.00. The van der Waals surface area contributed by atoms with Crippen molar-refractivity contribution in [2.45, 2.75) is 31.0 Å². The van der Waals surface area contributed by atoms with E-state index < -0.39 is 0 Å². The van der Waals surface area contributed by atoms with Crippen molar-refractivity contribution in [3.63, 3.8) is 0 Å². The molecule has 0 saturated carbocycles. The number of allylic oxidation sites excluding steroid dienone is 1. The third-order valence-corrected chi connectivity index (χ3v) is 6.10. The van der Waals surface area contributed by atoms with Gasteiger partial charge in [0.2, 0.25) is 0 Å². The Morgan fingerprint density at radius 3 is 2.18 bits per heavy atom. The summed E-state index contributed by atoms with van der Waals surface area (Å²) in [6.45, 7) is 1.62. The topological polar surface area (TPSA) is 47.6 Å². The second-order valence-electron chi connectivity index (χ2n) is 7.66. The number of esters is 1. The fraction of sp³-hybridized carbons (Fsp3) is 0.179. The number of aryl methyl sites for hydroxylation is 1. The van der Waals surface area contributed by atoms with E-state index in [1.54, 1.807) is 11.8 Å². The molecule has 1 N–H and O–H groups in total. The van der Waals surface area contributed by atoms with Gasteiger partial charge in [0, 0.05) is 23.9 Å². The van der Waals surface area contributed by atoms with Crippen LogP contribution in [0.2, 0.25) is 0 Å². The molecule has 0 aliphatic carbocycles. The van der Waals surface area contributed by atoms with Gasteiger partial charge in [-0.3, -0.25) is 4.79 Å². The Bertz CT molecular complexity index is 1090. The molecule has 3 aromatic rings. The molecular weight excluding hydrogens is 430 g/mol.